The number of carbonyl (C=O) groups excluding carboxylic acids is 3. The van der Waals surface area contributed by atoms with Gasteiger partial charge in [0.25, 0.3) is 0 Å². The summed E-state index contributed by atoms with van der Waals surface area (Å²) in [7, 11) is 1.32. The van der Waals surface area contributed by atoms with Crippen molar-refractivity contribution in [2.24, 2.45) is 0 Å². The van der Waals surface area contributed by atoms with E-state index in [-0.39, 0.29) is 11.7 Å². The minimum atomic E-state index is -0.409. The number of amides is 1. The van der Waals surface area contributed by atoms with Crippen molar-refractivity contribution in [1.29, 1.82) is 0 Å². The van der Waals surface area contributed by atoms with Crippen LogP contribution in [-0.4, -0.2) is 24.8 Å². The zero-order chi connectivity index (χ0) is 17.5. The minimum Gasteiger partial charge on any atom is -0.465 e. The number of carbonyl (C=O) groups is 3. The van der Waals surface area contributed by atoms with Crippen LogP contribution in [0, 0.1) is 0 Å². The molecule has 0 unspecified atom stereocenters. The summed E-state index contributed by atoms with van der Waals surface area (Å²) in [5, 5.41) is 2.69. The molecule has 24 heavy (non-hydrogen) atoms. The SMILES string of the molecule is COC(=O)c1ccc(C=CC(=O)Nc2cccc(C(C)=O)c2)cc1. The molecule has 0 saturated carbocycles. The molecule has 0 radical (unpaired) electrons. The van der Waals surface area contributed by atoms with Gasteiger partial charge in [0.15, 0.2) is 5.78 Å². The van der Waals surface area contributed by atoms with Crippen LogP contribution < -0.4 is 5.32 Å². The number of nitrogens with one attached hydrogen (secondary N) is 1. The maximum absolute atomic E-state index is 11.9. The number of benzene rings is 2. The van der Waals surface area contributed by atoms with Crippen LogP contribution in [0.25, 0.3) is 6.08 Å². The van der Waals surface area contributed by atoms with Gasteiger partial charge in [-0.05, 0) is 42.8 Å². The first-order chi connectivity index (χ1) is 11.5. The predicted octanol–water partition coefficient (Wildman–Crippen LogP) is 3.33. The molecular formula is C19H17NO4. The molecule has 0 saturated heterocycles. The van der Waals surface area contributed by atoms with E-state index < -0.39 is 5.97 Å². The smallest absolute Gasteiger partial charge is 0.337 e. The summed E-state index contributed by atoms with van der Waals surface area (Å²) < 4.78 is 4.62. The molecule has 122 valence electrons. The molecule has 0 bridgehead atoms. The summed E-state index contributed by atoms with van der Waals surface area (Å²) in [5.41, 5.74) is 2.31. The van der Waals surface area contributed by atoms with E-state index in [1.165, 1.54) is 20.1 Å². The maximum Gasteiger partial charge on any atom is 0.337 e. The maximum atomic E-state index is 11.9. The fourth-order valence-electron chi connectivity index (χ4n) is 2.02. The highest BCUT2D eigenvalue weighted by Gasteiger charge is 2.04. The van der Waals surface area contributed by atoms with Gasteiger partial charge in [-0.2, -0.15) is 0 Å². The molecule has 2 aromatic rings. The van der Waals surface area contributed by atoms with Crippen molar-refractivity contribution in [2.45, 2.75) is 6.92 Å². The molecule has 0 aliphatic rings. The first-order valence-electron chi connectivity index (χ1n) is 7.28. The molecule has 0 aliphatic carbocycles. The largest absolute Gasteiger partial charge is 0.465 e. The summed E-state index contributed by atoms with van der Waals surface area (Å²) in [5.74, 6) is -0.784. The molecule has 0 atom stereocenters. The molecule has 0 spiro atoms. The number of rotatable bonds is 5. The summed E-state index contributed by atoms with van der Waals surface area (Å²) >= 11 is 0. The van der Waals surface area contributed by atoms with Crippen molar-refractivity contribution in [3.8, 4) is 0 Å². The van der Waals surface area contributed by atoms with Crippen molar-refractivity contribution < 1.29 is 19.1 Å². The highest BCUT2D eigenvalue weighted by atomic mass is 16.5. The van der Waals surface area contributed by atoms with Gasteiger partial charge < -0.3 is 10.1 Å². The first kappa shape index (κ1) is 17.1. The second-order valence-electron chi connectivity index (χ2n) is 5.07. The standard InChI is InChI=1S/C19H17NO4/c1-13(21)16-4-3-5-17(12-16)20-18(22)11-8-14-6-9-15(10-7-14)19(23)24-2/h3-12H,1-2H3,(H,20,22). The van der Waals surface area contributed by atoms with Crippen LogP contribution in [0.5, 0.6) is 0 Å². The third kappa shape index (κ3) is 4.64. The van der Waals surface area contributed by atoms with Crippen LogP contribution in [0.1, 0.15) is 33.2 Å². The Hall–Kier alpha value is -3.21. The number of ether oxygens (including phenoxy) is 1. The van der Waals surface area contributed by atoms with E-state index in [4.69, 9.17) is 0 Å². The highest BCUT2D eigenvalue weighted by Crippen LogP contribution is 2.12. The highest BCUT2D eigenvalue weighted by molar-refractivity contribution is 6.03. The van der Waals surface area contributed by atoms with Crippen LogP contribution in [-0.2, 0) is 9.53 Å². The van der Waals surface area contributed by atoms with Crippen LogP contribution in [0.15, 0.2) is 54.6 Å². The number of Topliss-reactive ketones (excluding diaryl/α,β-unsaturated/α-hetero) is 1. The van der Waals surface area contributed by atoms with E-state index in [1.807, 2.05) is 0 Å². The molecule has 5 nitrogen and oxygen atoms in total. The lowest BCUT2D eigenvalue weighted by Gasteiger charge is -2.04. The fourth-order valence-corrected chi connectivity index (χ4v) is 2.02. The van der Waals surface area contributed by atoms with E-state index in [2.05, 4.69) is 10.1 Å². The van der Waals surface area contributed by atoms with Gasteiger partial charge in [-0.15, -0.1) is 0 Å². The van der Waals surface area contributed by atoms with Crippen LogP contribution in [0.4, 0.5) is 5.69 Å². The van der Waals surface area contributed by atoms with Crippen LogP contribution in [0.3, 0.4) is 0 Å². The molecule has 5 heteroatoms. The van der Waals surface area contributed by atoms with Crippen molar-refractivity contribution in [1.82, 2.24) is 0 Å². The van der Waals surface area contributed by atoms with Gasteiger partial charge in [-0.25, -0.2) is 4.79 Å². The summed E-state index contributed by atoms with van der Waals surface area (Å²) in [6.07, 6.45) is 3.01. The monoisotopic (exact) mass is 323 g/mol. The molecule has 2 rings (SSSR count). The minimum absolute atomic E-state index is 0.0627. The van der Waals surface area contributed by atoms with E-state index in [0.717, 1.165) is 5.56 Å². The van der Waals surface area contributed by atoms with Crippen molar-refractivity contribution in [2.75, 3.05) is 12.4 Å². The zero-order valence-corrected chi connectivity index (χ0v) is 13.4. The molecule has 0 aliphatic heterocycles. The Labute approximate surface area is 140 Å². The van der Waals surface area contributed by atoms with E-state index in [1.54, 1.807) is 54.6 Å². The van der Waals surface area contributed by atoms with Crippen LogP contribution >= 0.6 is 0 Å². The predicted molar refractivity (Wildman–Crippen MR) is 91.9 cm³/mol. The lowest BCUT2D eigenvalue weighted by atomic mass is 10.1. The number of methoxy groups -OCH3 is 1. The summed E-state index contributed by atoms with van der Waals surface area (Å²) in [6.45, 7) is 1.47. The van der Waals surface area contributed by atoms with Gasteiger partial charge in [-0.3, -0.25) is 9.59 Å². The second-order valence-corrected chi connectivity index (χ2v) is 5.07. The molecule has 1 amide bonds. The number of ketones is 1. The average Bonchev–Trinajstić information content (AvgIpc) is 2.60. The van der Waals surface area contributed by atoms with Gasteiger partial charge in [-0.1, -0.05) is 24.3 Å². The Morgan fingerprint density at radius 2 is 1.71 bits per heavy atom. The second kappa shape index (κ2) is 7.87. The quantitative estimate of drug-likeness (QED) is 0.520. The summed E-state index contributed by atoms with van der Waals surface area (Å²) in [6, 6.07) is 13.4. The van der Waals surface area contributed by atoms with Gasteiger partial charge in [0.05, 0.1) is 12.7 Å². The van der Waals surface area contributed by atoms with E-state index >= 15 is 0 Å². The normalized spacial score (nSPS) is 10.4. The number of esters is 1. The number of hydrogen-bond donors (Lipinski definition) is 1. The Balaban J connectivity index is 2.01. The Morgan fingerprint density at radius 1 is 1.00 bits per heavy atom. The average molecular weight is 323 g/mol. The topological polar surface area (TPSA) is 72.5 Å². The van der Waals surface area contributed by atoms with Gasteiger partial charge in [0.2, 0.25) is 5.91 Å². The number of anilines is 1. The number of hydrogen-bond acceptors (Lipinski definition) is 4. The van der Waals surface area contributed by atoms with Crippen LogP contribution in [0.2, 0.25) is 0 Å². The molecule has 0 fully saturated rings. The van der Waals surface area contributed by atoms with Gasteiger partial charge in [0, 0.05) is 17.3 Å². The Bertz CT molecular complexity index is 791. The molecule has 0 aromatic heterocycles. The lowest BCUT2D eigenvalue weighted by molar-refractivity contribution is -0.111. The molecular weight excluding hydrogens is 306 g/mol. The fraction of sp³-hybridized carbons (Fsp3) is 0.105. The third-order valence-corrected chi connectivity index (χ3v) is 3.30. The zero-order valence-electron chi connectivity index (χ0n) is 13.4. The molecule has 1 N–H and O–H groups in total. The summed E-state index contributed by atoms with van der Waals surface area (Å²) in [4.78, 5) is 34.6. The van der Waals surface area contributed by atoms with E-state index in [0.29, 0.717) is 16.8 Å². The third-order valence-electron chi connectivity index (χ3n) is 3.30. The van der Waals surface area contributed by atoms with Crippen molar-refractivity contribution in [3.05, 3.63) is 71.3 Å². The molecule has 0 heterocycles. The Morgan fingerprint density at radius 3 is 2.33 bits per heavy atom. The Kier molecular flexibility index (Phi) is 5.63. The van der Waals surface area contributed by atoms with Gasteiger partial charge in [0.1, 0.15) is 0 Å². The lowest BCUT2D eigenvalue weighted by Crippen LogP contribution is -2.08. The van der Waals surface area contributed by atoms with Crippen molar-refractivity contribution in [3.63, 3.8) is 0 Å². The van der Waals surface area contributed by atoms with Crippen molar-refractivity contribution >= 4 is 29.4 Å². The first-order valence-corrected chi connectivity index (χ1v) is 7.28. The van der Waals surface area contributed by atoms with E-state index in [9.17, 15) is 14.4 Å². The molecule has 2 aromatic carbocycles. The van der Waals surface area contributed by atoms with Gasteiger partial charge >= 0.3 is 5.97 Å².